The van der Waals surface area contributed by atoms with E-state index in [2.05, 4.69) is 318 Å². The van der Waals surface area contributed by atoms with Gasteiger partial charge >= 0.3 is 0 Å². The van der Waals surface area contributed by atoms with Crippen molar-refractivity contribution in [1.82, 2.24) is 15.0 Å². The molecule has 0 amide bonds. The number of aryl methyl sites for hydroxylation is 14. The zero-order valence-corrected chi connectivity index (χ0v) is 53.5. The molecule has 9 aromatic carbocycles. The number of nitrogens with zero attached hydrogens (tertiary/aromatic N) is 3. The third kappa shape index (κ3) is 19.2. The normalized spacial score (nSPS) is 10.9. The van der Waals surface area contributed by atoms with Crippen LogP contribution in [-0.2, 0) is 5.41 Å². The summed E-state index contributed by atoms with van der Waals surface area (Å²) in [5.74, 6) is 0. The first-order chi connectivity index (χ1) is 40.7. The Morgan fingerprint density at radius 2 is 0.694 bits per heavy atom. The van der Waals surface area contributed by atoms with Crippen LogP contribution in [-0.4, -0.2) is 15.0 Å². The van der Waals surface area contributed by atoms with Crippen molar-refractivity contribution >= 4 is 21.5 Å². The molecule has 0 saturated heterocycles. The van der Waals surface area contributed by atoms with Crippen LogP contribution >= 0.6 is 0 Å². The molecule has 13 rings (SSSR count). The topological polar surface area (TPSA) is 38.7 Å². The fourth-order valence-corrected chi connectivity index (χ4v) is 10.2. The second kappa shape index (κ2) is 32.1. The Labute approximate surface area is 510 Å². The van der Waals surface area contributed by atoms with Gasteiger partial charge in [0.2, 0.25) is 0 Å². The zero-order valence-electron chi connectivity index (χ0n) is 53.5. The summed E-state index contributed by atoms with van der Waals surface area (Å²) >= 11 is 0. The van der Waals surface area contributed by atoms with E-state index in [1.165, 1.54) is 122 Å². The van der Waals surface area contributed by atoms with E-state index in [0.29, 0.717) is 0 Å². The number of benzene rings is 9. The van der Waals surface area contributed by atoms with Crippen molar-refractivity contribution in [2.45, 2.75) is 116 Å². The fourth-order valence-electron chi connectivity index (χ4n) is 10.2. The van der Waals surface area contributed by atoms with Crippen molar-refractivity contribution in [2.24, 2.45) is 0 Å². The molecule has 0 aliphatic heterocycles. The molecule has 0 radical (unpaired) electrons. The van der Waals surface area contributed by atoms with Gasteiger partial charge in [-0.15, -0.1) is 0 Å². The van der Waals surface area contributed by atoms with Crippen molar-refractivity contribution in [1.29, 1.82) is 0 Å². The highest BCUT2D eigenvalue weighted by atomic mass is 14.7. The standard InChI is InChI=1S/C15H14.C14H14.2C12H12.C8H10.3C7H9N/c1-15(2)13-9-5-3-7-11(13)12-8-4-6-10-14(12)15;1-11-7-3-5-9-13(11)14-10-6-4-8-12(14)2;1-9-5-3-7-11-8-4-6-10(2)12(9)11;1-9-7-11-5-3-4-6-12(11)8-10(9)2;1-7-4-3-5-8(2)6-7;1-6-3-4-8-5-7(6)2;1-6-3-4-8-7(2)5-6;1-6-4-3-5-8-7(6)2/h3-10H,1-2H3;3-10H,1-2H3;2*3-8H,1-2H3;3-6H,1-2H3;3*3-5H,1-2H3. The predicted octanol–water partition coefficient (Wildman–Crippen LogP) is 22.3. The smallest absolute Gasteiger partial charge is 0.0401 e. The van der Waals surface area contributed by atoms with E-state index >= 15 is 0 Å². The molecule has 12 aromatic rings. The third-order valence-corrected chi connectivity index (χ3v) is 15.6. The van der Waals surface area contributed by atoms with Crippen LogP contribution in [0.15, 0.2) is 249 Å². The first-order valence-corrected chi connectivity index (χ1v) is 29.6. The van der Waals surface area contributed by atoms with Gasteiger partial charge < -0.3 is 0 Å². The minimum atomic E-state index is 0.160. The van der Waals surface area contributed by atoms with Crippen LogP contribution in [0.25, 0.3) is 43.8 Å². The van der Waals surface area contributed by atoms with Crippen molar-refractivity contribution in [3.05, 3.63) is 339 Å². The summed E-state index contributed by atoms with van der Waals surface area (Å²) < 4.78 is 0. The first kappa shape index (κ1) is 65.1. The summed E-state index contributed by atoms with van der Waals surface area (Å²) in [5.41, 5.74) is 26.7. The molecule has 0 fully saturated rings. The first-order valence-electron chi connectivity index (χ1n) is 29.6. The number of hydrogen-bond acceptors (Lipinski definition) is 3. The van der Waals surface area contributed by atoms with Crippen molar-refractivity contribution < 1.29 is 0 Å². The zero-order chi connectivity index (χ0) is 61.5. The Bertz CT molecular complexity index is 3720. The van der Waals surface area contributed by atoms with E-state index in [0.717, 1.165) is 11.4 Å². The molecule has 432 valence electrons. The Morgan fingerprint density at radius 1 is 0.271 bits per heavy atom. The summed E-state index contributed by atoms with van der Waals surface area (Å²) in [6.45, 7) is 34.0. The quantitative estimate of drug-likeness (QED) is 0.164. The van der Waals surface area contributed by atoms with Crippen molar-refractivity contribution in [3.8, 4) is 22.3 Å². The van der Waals surface area contributed by atoms with Crippen LogP contribution in [0.3, 0.4) is 0 Å². The Balaban J connectivity index is 0.000000158. The average molecular weight is 1120 g/mol. The van der Waals surface area contributed by atoms with Crippen LogP contribution < -0.4 is 0 Å². The van der Waals surface area contributed by atoms with Crippen LogP contribution in [0.2, 0.25) is 0 Å². The maximum absolute atomic E-state index is 4.08. The maximum Gasteiger partial charge on any atom is 0.0401 e. The number of aromatic nitrogens is 3. The van der Waals surface area contributed by atoms with E-state index in [1.807, 2.05) is 56.8 Å². The average Bonchev–Trinajstić information content (AvgIpc) is 3.65. The summed E-state index contributed by atoms with van der Waals surface area (Å²) in [6.07, 6.45) is 7.31. The SMILES string of the molecule is CC1(C)c2ccccc2-c2ccccc21.Cc1cc2ccccc2cc1C.Cc1cccc(C)c1.Cc1cccc2cccc(C)c12.Cc1ccccc1-c1ccccc1C.Cc1cccnc1C.Cc1ccnc(C)c1.Cc1ccncc1C. The third-order valence-electron chi connectivity index (χ3n) is 15.6. The van der Waals surface area contributed by atoms with Gasteiger partial charge in [-0.05, 0) is 232 Å². The van der Waals surface area contributed by atoms with E-state index in [9.17, 15) is 0 Å². The molecular formula is C82H89N3. The highest BCUT2D eigenvalue weighted by Crippen LogP contribution is 2.48. The second-order valence-electron chi connectivity index (χ2n) is 22.9. The minimum absolute atomic E-state index is 0.160. The molecule has 0 saturated carbocycles. The monoisotopic (exact) mass is 1120 g/mol. The van der Waals surface area contributed by atoms with E-state index in [1.54, 1.807) is 0 Å². The lowest BCUT2D eigenvalue weighted by Gasteiger charge is -2.20. The molecule has 3 heteroatoms. The van der Waals surface area contributed by atoms with E-state index in [-0.39, 0.29) is 5.41 Å². The maximum atomic E-state index is 4.08. The molecule has 3 nitrogen and oxygen atoms in total. The summed E-state index contributed by atoms with van der Waals surface area (Å²) in [4.78, 5) is 12.1. The molecule has 0 N–H and O–H groups in total. The van der Waals surface area contributed by atoms with Gasteiger partial charge in [0.15, 0.2) is 0 Å². The summed E-state index contributed by atoms with van der Waals surface area (Å²) in [5, 5.41) is 5.41. The van der Waals surface area contributed by atoms with Crippen molar-refractivity contribution in [3.63, 3.8) is 0 Å². The molecule has 0 bridgehead atoms. The number of rotatable bonds is 1. The lowest BCUT2D eigenvalue weighted by Crippen LogP contribution is -2.14. The van der Waals surface area contributed by atoms with E-state index in [4.69, 9.17) is 0 Å². The largest absolute Gasteiger partial charge is 0.264 e. The summed E-state index contributed by atoms with van der Waals surface area (Å²) in [6, 6.07) is 78.8. The minimum Gasteiger partial charge on any atom is -0.264 e. The molecular weight excluding hydrogens is 1030 g/mol. The highest BCUT2D eigenvalue weighted by Gasteiger charge is 2.34. The van der Waals surface area contributed by atoms with Crippen molar-refractivity contribution in [2.75, 3.05) is 0 Å². The number of hydrogen-bond donors (Lipinski definition) is 0. The van der Waals surface area contributed by atoms with Gasteiger partial charge in [0.1, 0.15) is 0 Å². The lowest BCUT2D eigenvalue weighted by molar-refractivity contribution is 0.660. The number of fused-ring (bicyclic) bond motifs is 5. The van der Waals surface area contributed by atoms with Crippen LogP contribution in [0.4, 0.5) is 0 Å². The second-order valence-corrected chi connectivity index (χ2v) is 22.9. The molecule has 3 heterocycles. The predicted molar refractivity (Wildman–Crippen MR) is 369 cm³/mol. The van der Waals surface area contributed by atoms with Crippen LogP contribution in [0.5, 0.6) is 0 Å². The van der Waals surface area contributed by atoms with Gasteiger partial charge in [0, 0.05) is 41.6 Å². The Morgan fingerprint density at radius 3 is 1.07 bits per heavy atom. The van der Waals surface area contributed by atoms with Gasteiger partial charge in [0.05, 0.1) is 0 Å². The lowest BCUT2D eigenvalue weighted by atomic mass is 9.82. The van der Waals surface area contributed by atoms with E-state index < -0.39 is 0 Å². The molecule has 0 unspecified atom stereocenters. The highest BCUT2D eigenvalue weighted by molar-refractivity contribution is 5.88. The van der Waals surface area contributed by atoms with Crippen LogP contribution in [0.1, 0.15) is 103 Å². The van der Waals surface area contributed by atoms with Gasteiger partial charge in [-0.3, -0.25) is 15.0 Å². The molecule has 3 aromatic heterocycles. The Hall–Kier alpha value is -9.05. The number of pyridine rings is 3. The van der Waals surface area contributed by atoms with Gasteiger partial charge in [0.25, 0.3) is 0 Å². The summed E-state index contributed by atoms with van der Waals surface area (Å²) in [7, 11) is 0. The molecule has 1 aliphatic rings. The van der Waals surface area contributed by atoms with Gasteiger partial charge in [-0.25, -0.2) is 0 Å². The van der Waals surface area contributed by atoms with Gasteiger partial charge in [-0.2, -0.15) is 0 Å². The molecule has 0 spiro atoms. The van der Waals surface area contributed by atoms with Crippen LogP contribution in [0, 0.1) is 96.9 Å². The van der Waals surface area contributed by atoms with Gasteiger partial charge in [-0.1, -0.05) is 225 Å². The molecule has 0 atom stereocenters. The molecule has 1 aliphatic carbocycles. The Kier molecular flexibility index (Phi) is 24.6. The molecule has 85 heavy (non-hydrogen) atoms. The fraction of sp³-hybridized carbons (Fsp3) is 0.207.